The zero-order valence-electron chi connectivity index (χ0n) is 20.9. The minimum absolute atomic E-state index is 0.114. The zero-order valence-corrected chi connectivity index (χ0v) is 20.9. The van der Waals surface area contributed by atoms with Crippen LogP contribution in [0.2, 0.25) is 0 Å². The third-order valence-corrected chi connectivity index (χ3v) is 11.3. The molecular weight excluding hydrogens is 380 g/mol. The van der Waals surface area contributed by atoms with E-state index in [4.69, 9.17) is 0 Å². The van der Waals surface area contributed by atoms with Gasteiger partial charge in [-0.15, -0.1) is 6.58 Å². The van der Waals surface area contributed by atoms with Crippen molar-refractivity contribution in [2.75, 3.05) is 0 Å². The van der Waals surface area contributed by atoms with E-state index in [1.54, 1.807) is 5.57 Å². The van der Waals surface area contributed by atoms with Crippen LogP contribution in [-0.2, 0) is 0 Å². The van der Waals surface area contributed by atoms with Crippen molar-refractivity contribution in [3.8, 4) is 0 Å². The molecule has 3 saturated carbocycles. The quantitative estimate of drug-likeness (QED) is 0.451. The second-order valence-corrected chi connectivity index (χ2v) is 12.5. The molecule has 31 heavy (non-hydrogen) atoms. The number of rotatable bonds is 6. The van der Waals surface area contributed by atoms with Crippen molar-refractivity contribution in [2.24, 2.45) is 46.3 Å². The average Bonchev–Trinajstić information content (AvgIpc) is 3.10. The number of aliphatic hydroxyl groups excluding tert-OH is 1. The minimum Gasteiger partial charge on any atom is -0.393 e. The Kier molecular flexibility index (Phi) is 6.32. The largest absolute Gasteiger partial charge is 0.393 e. The van der Waals surface area contributed by atoms with Crippen LogP contribution in [0.4, 0.5) is 0 Å². The molecule has 0 amide bonds. The third-order valence-electron chi connectivity index (χ3n) is 11.3. The molecule has 2 heteroatoms. The number of allylic oxidation sites excluding steroid dienone is 1. The summed E-state index contributed by atoms with van der Waals surface area (Å²) in [5.74, 6) is 3.86. The van der Waals surface area contributed by atoms with Gasteiger partial charge in [0.15, 0.2) is 0 Å². The van der Waals surface area contributed by atoms with Gasteiger partial charge in [-0.05, 0) is 105 Å². The Morgan fingerprint density at radius 1 is 1.16 bits per heavy atom. The van der Waals surface area contributed by atoms with Crippen LogP contribution in [0.5, 0.6) is 0 Å². The first-order valence-electron chi connectivity index (χ1n) is 13.3. The number of hydrogen-bond acceptors (Lipinski definition) is 2. The number of aliphatic hydroxyl groups is 2. The Hall–Kier alpha value is -0.600. The SMILES string of the molecule is C=C[C@@H](C)C(O)(CC)C[C@@H](C)[C@H]1CCC2C3CC=C4C[C@@H](O)CC[C@]4(C)C3CC[C@@]21C. The van der Waals surface area contributed by atoms with Gasteiger partial charge in [0.05, 0.1) is 11.7 Å². The van der Waals surface area contributed by atoms with E-state index in [0.29, 0.717) is 16.7 Å². The zero-order chi connectivity index (χ0) is 22.6. The van der Waals surface area contributed by atoms with Crippen molar-refractivity contribution < 1.29 is 10.2 Å². The average molecular weight is 429 g/mol. The first-order valence-corrected chi connectivity index (χ1v) is 13.3. The summed E-state index contributed by atoms with van der Waals surface area (Å²) in [6.07, 6.45) is 15.8. The molecule has 0 aliphatic heterocycles. The van der Waals surface area contributed by atoms with Gasteiger partial charge in [0.2, 0.25) is 0 Å². The van der Waals surface area contributed by atoms with Gasteiger partial charge < -0.3 is 10.2 Å². The standard InChI is InChI=1S/C29H48O2/c1-7-20(4)29(31,8-2)18-19(3)24-11-12-25-23-10-9-21-17-22(30)13-15-27(21,5)26(23)14-16-28(24,25)6/h7,9,19-20,22-26,30-31H,1,8,10-18H2,2-6H3/t19-,20-,22+,23?,24-,25?,26?,27+,28-,29?/m1/s1. The lowest BCUT2D eigenvalue weighted by atomic mass is 9.47. The molecule has 4 aliphatic carbocycles. The molecule has 0 bridgehead atoms. The highest BCUT2D eigenvalue weighted by molar-refractivity contribution is 5.25. The van der Waals surface area contributed by atoms with Crippen molar-refractivity contribution in [3.05, 3.63) is 24.3 Å². The van der Waals surface area contributed by atoms with Crippen LogP contribution in [0.1, 0.15) is 98.8 Å². The van der Waals surface area contributed by atoms with E-state index in [1.165, 1.54) is 38.5 Å². The molecule has 0 saturated heterocycles. The van der Waals surface area contributed by atoms with E-state index in [2.05, 4.69) is 47.3 Å². The normalized spacial score (nSPS) is 46.0. The fourth-order valence-corrected chi connectivity index (χ4v) is 9.19. The maximum Gasteiger partial charge on any atom is 0.0707 e. The number of hydrogen-bond donors (Lipinski definition) is 2. The number of fused-ring (bicyclic) bond motifs is 5. The van der Waals surface area contributed by atoms with Crippen molar-refractivity contribution in [1.29, 1.82) is 0 Å². The maximum atomic E-state index is 11.4. The predicted octanol–water partition coefficient (Wildman–Crippen LogP) is 6.92. The van der Waals surface area contributed by atoms with Gasteiger partial charge in [0, 0.05) is 5.92 Å². The fraction of sp³-hybridized carbons (Fsp3) is 0.862. The third kappa shape index (κ3) is 3.68. The molecular formula is C29H48O2. The molecule has 2 N–H and O–H groups in total. The Labute approximate surface area is 191 Å². The lowest BCUT2D eigenvalue weighted by Gasteiger charge is -2.58. The highest BCUT2D eigenvalue weighted by atomic mass is 16.3. The summed E-state index contributed by atoms with van der Waals surface area (Å²) < 4.78 is 0. The molecule has 0 heterocycles. The van der Waals surface area contributed by atoms with Crippen molar-refractivity contribution in [1.82, 2.24) is 0 Å². The summed E-state index contributed by atoms with van der Waals surface area (Å²) in [6.45, 7) is 15.8. The van der Waals surface area contributed by atoms with Crippen LogP contribution >= 0.6 is 0 Å². The lowest BCUT2D eigenvalue weighted by Crippen LogP contribution is -2.51. The summed E-state index contributed by atoms with van der Waals surface area (Å²) in [4.78, 5) is 0. The van der Waals surface area contributed by atoms with Gasteiger partial charge in [-0.25, -0.2) is 0 Å². The molecule has 0 spiro atoms. The van der Waals surface area contributed by atoms with Crippen LogP contribution in [-0.4, -0.2) is 21.9 Å². The molecule has 10 atom stereocenters. The molecule has 176 valence electrons. The van der Waals surface area contributed by atoms with Crippen molar-refractivity contribution in [2.45, 2.75) is 111 Å². The molecule has 0 aromatic heterocycles. The molecule has 4 aliphatic rings. The van der Waals surface area contributed by atoms with E-state index in [-0.39, 0.29) is 12.0 Å². The smallest absolute Gasteiger partial charge is 0.0707 e. The molecule has 3 fully saturated rings. The van der Waals surface area contributed by atoms with E-state index in [9.17, 15) is 10.2 Å². The summed E-state index contributed by atoms with van der Waals surface area (Å²) in [5.41, 5.74) is 1.70. The summed E-state index contributed by atoms with van der Waals surface area (Å²) in [6, 6.07) is 0. The van der Waals surface area contributed by atoms with Gasteiger partial charge in [-0.2, -0.15) is 0 Å². The van der Waals surface area contributed by atoms with Crippen LogP contribution in [0, 0.1) is 46.3 Å². The van der Waals surface area contributed by atoms with E-state index in [1.807, 2.05) is 6.08 Å². The Morgan fingerprint density at radius 3 is 2.58 bits per heavy atom. The molecule has 0 aromatic carbocycles. The monoisotopic (exact) mass is 428 g/mol. The van der Waals surface area contributed by atoms with Crippen LogP contribution in [0.15, 0.2) is 24.3 Å². The highest BCUT2D eigenvalue weighted by Gasteiger charge is 2.59. The van der Waals surface area contributed by atoms with Crippen LogP contribution in [0.3, 0.4) is 0 Å². The molecule has 4 rings (SSSR count). The fourth-order valence-electron chi connectivity index (χ4n) is 9.19. The Bertz CT molecular complexity index is 712. The van der Waals surface area contributed by atoms with E-state index in [0.717, 1.165) is 49.4 Å². The van der Waals surface area contributed by atoms with Crippen LogP contribution < -0.4 is 0 Å². The lowest BCUT2D eigenvalue weighted by molar-refractivity contribution is -0.0712. The van der Waals surface area contributed by atoms with Gasteiger partial charge in [-0.1, -0.05) is 52.3 Å². The van der Waals surface area contributed by atoms with Gasteiger partial charge in [-0.3, -0.25) is 0 Å². The molecule has 2 nitrogen and oxygen atoms in total. The first-order chi connectivity index (χ1) is 14.6. The summed E-state index contributed by atoms with van der Waals surface area (Å²) in [7, 11) is 0. The van der Waals surface area contributed by atoms with Crippen molar-refractivity contribution >= 4 is 0 Å². The predicted molar refractivity (Wildman–Crippen MR) is 130 cm³/mol. The Balaban J connectivity index is 1.54. The van der Waals surface area contributed by atoms with E-state index >= 15 is 0 Å². The van der Waals surface area contributed by atoms with Gasteiger partial charge in [0.25, 0.3) is 0 Å². The van der Waals surface area contributed by atoms with Gasteiger partial charge in [0.1, 0.15) is 0 Å². The molecule has 4 unspecified atom stereocenters. The van der Waals surface area contributed by atoms with Crippen LogP contribution in [0.25, 0.3) is 0 Å². The summed E-state index contributed by atoms with van der Waals surface area (Å²) >= 11 is 0. The summed E-state index contributed by atoms with van der Waals surface area (Å²) in [5, 5.41) is 21.6. The van der Waals surface area contributed by atoms with Crippen molar-refractivity contribution in [3.63, 3.8) is 0 Å². The van der Waals surface area contributed by atoms with E-state index < -0.39 is 5.60 Å². The Morgan fingerprint density at radius 2 is 1.90 bits per heavy atom. The molecule has 0 aromatic rings. The highest BCUT2D eigenvalue weighted by Crippen LogP contribution is 2.67. The first kappa shape index (κ1) is 23.6. The maximum absolute atomic E-state index is 11.4. The second-order valence-electron chi connectivity index (χ2n) is 12.5. The topological polar surface area (TPSA) is 40.5 Å². The molecule has 0 radical (unpaired) electrons. The minimum atomic E-state index is -0.619. The van der Waals surface area contributed by atoms with Gasteiger partial charge >= 0.3 is 0 Å². The second kappa shape index (κ2) is 8.32.